The first-order chi connectivity index (χ1) is 9.61. The van der Waals surface area contributed by atoms with Crippen molar-refractivity contribution in [1.29, 1.82) is 0 Å². The molecular formula is C16H22FNO2. The number of benzene rings is 1. The molecule has 1 aliphatic rings. The second kappa shape index (κ2) is 6.84. The van der Waals surface area contributed by atoms with E-state index in [4.69, 9.17) is 5.11 Å². The number of aliphatic hydroxyl groups is 1. The van der Waals surface area contributed by atoms with Gasteiger partial charge in [0.25, 0.3) is 0 Å². The monoisotopic (exact) mass is 279 g/mol. The maximum absolute atomic E-state index is 13.6. The lowest BCUT2D eigenvalue weighted by Crippen LogP contribution is -2.40. The van der Waals surface area contributed by atoms with Crippen LogP contribution in [0, 0.1) is 17.7 Å². The second-order valence-electron chi connectivity index (χ2n) is 5.66. The Balaban J connectivity index is 1.89. The fourth-order valence-electron chi connectivity index (χ4n) is 2.47. The highest BCUT2D eigenvalue weighted by molar-refractivity contribution is 5.79. The number of amides is 1. The highest BCUT2D eigenvalue weighted by Gasteiger charge is 2.32. The average molecular weight is 279 g/mol. The van der Waals surface area contributed by atoms with Crippen LogP contribution in [0.15, 0.2) is 24.3 Å². The van der Waals surface area contributed by atoms with Crippen molar-refractivity contribution in [2.75, 3.05) is 6.61 Å². The van der Waals surface area contributed by atoms with Crippen molar-refractivity contribution in [3.63, 3.8) is 0 Å². The summed E-state index contributed by atoms with van der Waals surface area (Å²) in [5.41, 5.74) is 0.570. The van der Waals surface area contributed by atoms with Crippen molar-refractivity contribution in [2.24, 2.45) is 11.8 Å². The highest BCUT2D eigenvalue weighted by Crippen LogP contribution is 2.34. The third-order valence-electron chi connectivity index (χ3n) is 3.89. The fourth-order valence-corrected chi connectivity index (χ4v) is 2.47. The first-order valence-electron chi connectivity index (χ1n) is 7.26. The Morgan fingerprint density at radius 3 is 2.75 bits per heavy atom. The zero-order valence-electron chi connectivity index (χ0n) is 11.8. The number of rotatable bonds is 7. The molecule has 1 amide bonds. The molecule has 0 spiro atoms. The van der Waals surface area contributed by atoms with E-state index < -0.39 is 0 Å². The van der Waals surface area contributed by atoms with Crippen LogP contribution in [0.3, 0.4) is 0 Å². The second-order valence-corrected chi connectivity index (χ2v) is 5.66. The molecule has 0 aromatic heterocycles. The van der Waals surface area contributed by atoms with E-state index in [0.29, 0.717) is 24.3 Å². The molecule has 0 saturated heterocycles. The van der Waals surface area contributed by atoms with Crippen molar-refractivity contribution in [3.05, 3.63) is 35.6 Å². The third-order valence-corrected chi connectivity index (χ3v) is 3.89. The van der Waals surface area contributed by atoms with Gasteiger partial charge in [-0.3, -0.25) is 4.79 Å². The van der Waals surface area contributed by atoms with E-state index in [0.717, 1.165) is 12.8 Å². The van der Waals surface area contributed by atoms with Gasteiger partial charge in [-0.1, -0.05) is 25.1 Å². The van der Waals surface area contributed by atoms with Gasteiger partial charge < -0.3 is 10.4 Å². The molecule has 2 unspecified atom stereocenters. The predicted molar refractivity (Wildman–Crippen MR) is 75.6 cm³/mol. The van der Waals surface area contributed by atoms with E-state index in [1.54, 1.807) is 18.2 Å². The molecule has 0 heterocycles. The predicted octanol–water partition coefficient (Wildman–Crippen LogP) is 2.28. The molecule has 0 aliphatic heterocycles. The number of hydrogen-bond acceptors (Lipinski definition) is 2. The molecule has 2 rings (SSSR count). The topological polar surface area (TPSA) is 49.3 Å². The van der Waals surface area contributed by atoms with Crippen LogP contribution >= 0.6 is 0 Å². The van der Waals surface area contributed by atoms with E-state index in [1.165, 1.54) is 6.07 Å². The van der Waals surface area contributed by atoms with Gasteiger partial charge in [-0.25, -0.2) is 4.39 Å². The van der Waals surface area contributed by atoms with Crippen LogP contribution < -0.4 is 5.32 Å². The number of hydrogen-bond donors (Lipinski definition) is 2. The molecule has 2 N–H and O–H groups in total. The summed E-state index contributed by atoms with van der Waals surface area (Å²) in [4.78, 5) is 12.2. The lowest BCUT2D eigenvalue weighted by atomic mass is 9.99. The summed E-state index contributed by atoms with van der Waals surface area (Å²) < 4.78 is 13.6. The largest absolute Gasteiger partial charge is 0.396 e. The van der Waals surface area contributed by atoms with Crippen molar-refractivity contribution in [2.45, 2.75) is 38.6 Å². The zero-order chi connectivity index (χ0) is 14.5. The van der Waals surface area contributed by atoms with Crippen molar-refractivity contribution in [1.82, 2.24) is 5.32 Å². The zero-order valence-corrected chi connectivity index (χ0v) is 11.8. The molecule has 1 aromatic rings. The van der Waals surface area contributed by atoms with Gasteiger partial charge in [-0.05, 0) is 43.2 Å². The molecule has 1 saturated carbocycles. The van der Waals surface area contributed by atoms with Crippen molar-refractivity contribution < 1.29 is 14.3 Å². The van der Waals surface area contributed by atoms with Gasteiger partial charge in [0.15, 0.2) is 0 Å². The minimum Gasteiger partial charge on any atom is -0.396 e. The van der Waals surface area contributed by atoms with E-state index in [9.17, 15) is 9.18 Å². The molecule has 2 atom stereocenters. The van der Waals surface area contributed by atoms with E-state index in [2.05, 4.69) is 5.32 Å². The number of halogens is 1. The molecule has 0 radical (unpaired) electrons. The van der Waals surface area contributed by atoms with Crippen LogP contribution in [0.4, 0.5) is 4.39 Å². The Morgan fingerprint density at radius 1 is 1.45 bits per heavy atom. The Kier molecular flexibility index (Phi) is 5.12. The van der Waals surface area contributed by atoms with Gasteiger partial charge in [0.2, 0.25) is 5.91 Å². The quantitative estimate of drug-likeness (QED) is 0.804. The Bertz CT molecular complexity index is 460. The molecule has 110 valence electrons. The van der Waals surface area contributed by atoms with Gasteiger partial charge in [0.05, 0.1) is 0 Å². The number of carbonyl (C=O) groups excluding carboxylic acids is 1. The molecule has 1 aromatic carbocycles. The van der Waals surface area contributed by atoms with Crippen molar-refractivity contribution in [3.8, 4) is 0 Å². The van der Waals surface area contributed by atoms with Gasteiger partial charge in [-0.2, -0.15) is 0 Å². The normalized spacial score (nSPS) is 17.6. The third kappa shape index (κ3) is 4.04. The molecule has 1 aliphatic carbocycles. The maximum Gasteiger partial charge on any atom is 0.223 e. The summed E-state index contributed by atoms with van der Waals surface area (Å²) in [5, 5.41) is 12.0. The first-order valence-corrected chi connectivity index (χ1v) is 7.26. The molecule has 20 heavy (non-hydrogen) atoms. The van der Waals surface area contributed by atoms with Crippen molar-refractivity contribution >= 4 is 5.91 Å². The summed E-state index contributed by atoms with van der Waals surface area (Å²) in [6.07, 6.45) is 3.23. The van der Waals surface area contributed by atoms with Crippen LogP contribution in [-0.4, -0.2) is 23.7 Å². The van der Waals surface area contributed by atoms with Crippen LogP contribution in [-0.2, 0) is 11.2 Å². The van der Waals surface area contributed by atoms with E-state index in [1.807, 2.05) is 6.92 Å². The minimum absolute atomic E-state index is 0.0568. The van der Waals surface area contributed by atoms with E-state index in [-0.39, 0.29) is 30.3 Å². The summed E-state index contributed by atoms with van der Waals surface area (Å²) in [6, 6.07) is 6.62. The lowest BCUT2D eigenvalue weighted by molar-refractivity contribution is -0.125. The Hall–Kier alpha value is -1.42. The van der Waals surface area contributed by atoms with Gasteiger partial charge in [-0.15, -0.1) is 0 Å². The molecule has 1 fully saturated rings. The van der Waals surface area contributed by atoms with Gasteiger partial charge in [0, 0.05) is 18.6 Å². The molecule has 3 nitrogen and oxygen atoms in total. The Labute approximate surface area is 119 Å². The summed E-state index contributed by atoms with van der Waals surface area (Å²) in [7, 11) is 0. The smallest absolute Gasteiger partial charge is 0.223 e. The van der Waals surface area contributed by atoms with Gasteiger partial charge in [0.1, 0.15) is 5.82 Å². The summed E-state index contributed by atoms with van der Waals surface area (Å²) in [5.74, 6) is -0.0848. The number of carbonyl (C=O) groups is 1. The summed E-state index contributed by atoms with van der Waals surface area (Å²) in [6.45, 7) is 1.90. The Morgan fingerprint density at radius 2 is 2.15 bits per heavy atom. The lowest BCUT2D eigenvalue weighted by Gasteiger charge is -2.20. The van der Waals surface area contributed by atoms with E-state index >= 15 is 0 Å². The molecular weight excluding hydrogens is 257 g/mol. The van der Waals surface area contributed by atoms with Gasteiger partial charge >= 0.3 is 0 Å². The van der Waals surface area contributed by atoms with Crippen LogP contribution in [0.5, 0.6) is 0 Å². The average Bonchev–Trinajstić information content (AvgIpc) is 3.25. The highest BCUT2D eigenvalue weighted by atomic mass is 19.1. The van der Waals surface area contributed by atoms with Crippen LogP contribution in [0.1, 0.15) is 31.7 Å². The molecule has 0 bridgehead atoms. The SMILES string of the molecule is CC(Cc1ccccc1F)C(=O)NC(CCO)C1CC1. The van der Waals surface area contributed by atoms with Crippen LogP contribution in [0.2, 0.25) is 0 Å². The van der Waals surface area contributed by atoms with Crippen LogP contribution in [0.25, 0.3) is 0 Å². The number of nitrogens with one attached hydrogen (secondary N) is 1. The molecule has 4 heteroatoms. The summed E-state index contributed by atoms with van der Waals surface area (Å²) >= 11 is 0. The standard InChI is InChI=1S/C16H22FNO2/c1-11(10-13-4-2-3-5-14(13)17)16(20)18-15(8-9-19)12-6-7-12/h2-5,11-12,15,19H,6-10H2,1H3,(H,18,20). The minimum atomic E-state index is -0.271. The number of aliphatic hydroxyl groups excluding tert-OH is 1. The fraction of sp³-hybridized carbons (Fsp3) is 0.562. The maximum atomic E-state index is 13.6. The first kappa shape index (κ1) is 15.0.